The zero-order valence-electron chi connectivity index (χ0n) is 17.3. The van der Waals surface area contributed by atoms with E-state index >= 15 is 0 Å². The van der Waals surface area contributed by atoms with Crippen LogP contribution in [0.4, 0.5) is 10.8 Å². The number of para-hydroxylation sites is 2. The Morgan fingerprint density at radius 2 is 1.82 bits per heavy atom. The zero-order valence-corrected chi connectivity index (χ0v) is 19.0. The highest BCUT2D eigenvalue weighted by molar-refractivity contribution is 7.93. The lowest BCUT2D eigenvalue weighted by Gasteiger charge is -2.09. The SMILES string of the molecule is COc1ccccc1OCc1ccc(C(=O)Nc2ccc(S(=O)(=O)Nc3nccs3)cc2)o1. The van der Waals surface area contributed by atoms with Gasteiger partial charge in [0.15, 0.2) is 22.4 Å². The minimum absolute atomic E-state index is 0.0458. The van der Waals surface area contributed by atoms with E-state index < -0.39 is 15.9 Å². The molecule has 0 unspecified atom stereocenters. The number of carbonyl (C=O) groups excluding carboxylic acids is 1. The van der Waals surface area contributed by atoms with E-state index in [0.29, 0.717) is 22.9 Å². The number of rotatable bonds is 9. The molecule has 0 aliphatic rings. The Bertz CT molecular complexity index is 1330. The smallest absolute Gasteiger partial charge is 0.291 e. The molecule has 170 valence electrons. The maximum atomic E-state index is 12.5. The van der Waals surface area contributed by atoms with Gasteiger partial charge in [-0.2, -0.15) is 0 Å². The molecule has 1 amide bonds. The van der Waals surface area contributed by atoms with Crippen LogP contribution in [0.1, 0.15) is 16.3 Å². The van der Waals surface area contributed by atoms with Crippen molar-refractivity contribution in [3.8, 4) is 11.5 Å². The fourth-order valence-corrected chi connectivity index (χ4v) is 4.61. The van der Waals surface area contributed by atoms with Crippen LogP contribution in [0.2, 0.25) is 0 Å². The molecule has 0 atom stereocenters. The Kier molecular flexibility index (Phi) is 6.61. The topological polar surface area (TPSA) is 120 Å². The van der Waals surface area contributed by atoms with Gasteiger partial charge in [0.25, 0.3) is 15.9 Å². The molecule has 0 fully saturated rings. The van der Waals surface area contributed by atoms with E-state index in [2.05, 4.69) is 15.0 Å². The van der Waals surface area contributed by atoms with Gasteiger partial charge in [0.2, 0.25) is 0 Å². The number of hydrogen-bond donors (Lipinski definition) is 2. The third kappa shape index (κ3) is 5.51. The van der Waals surface area contributed by atoms with E-state index in [9.17, 15) is 13.2 Å². The van der Waals surface area contributed by atoms with Gasteiger partial charge in [-0.1, -0.05) is 12.1 Å². The Morgan fingerprint density at radius 1 is 1.06 bits per heavy atom. The van der Waals surface area contributed by atoms with Crippen LogP contribution in [0.5, 0.6) is 11.5 Å². The zero-order chi connectivity index (χ0) is 23.3. The first-order chi connectivity index (χ1) is 15.9. The summed E-state index contributed by atoms with van der Waals surface area (Å²) in [7, 11) is -2.22. The average Bonchev–Trinajstić information content (AvgIpc) is 3.50. The summed E-state index contributed by atoms with van der Waals surface area (Å²) in [4.78, 5) is 16.4. The first kappa shape index (κ1) is 22.4. The molecular formula is C22H19N3O6S2. The highest BCUT2D eigenvalue weighted by atomic mass is 32.2. The van der Waals surface area contributed by atoms with Crippen molar-refractivity contribution in [1.29, 1.82) is 0 Å². The van der Waals surface area contributed by atoms with Gasteiger partial charge in [-0.25, -0.2) is 13.4 Å². The highest BCUT2D eigenvalue weighted by Crippen LogP contribution is 2.27. The first-order valence-electron chi connectivity index (χ1n) is 9.63. The van der Waals surface area contributed by atoms with Gasteiger partial charge in [-0.05, 0) is 48.5 Å². The van der Waals surface area contributed by atoms with Crippen LogP contribution in [0.3, 0.4) is 0 Å². The monoisotopic (exact) mass is 485 g/mol. The summed E-state index contributed by atoms with van der Waals surface area (Å²) in [6.45, 7) is 0.117. The van der Waals surface area contributed by atoms with Crippen molar-refractivity contribution in [2.75, 3.05) is 17.1 Å². The molecule has 4 rings (SSSR count). The lowest BCUT2D eigenvalue weighted by atomic mass is 10.3. The first-order valence-corrected chi connectivity index (χ1v) is 12.0. The molecule has 2 aromatic carbocycles. The maximum Gasteiger partial charge on any atom is 0.291 e. The predicted molar refractivity (Wildman–Crippen MR) is 123 cm³/mol. The molecule has 0 saturated heterocycles. The van der Waals surface area contributed by atoms with Crippen LogP contribution in [0.25, 0.3) is 0 Å². The molecular weight excluding hydrogens is 466 g/mol. The van der Waals surface area contributed by atoms with Gasteiger partial charge in [0.05, 0.1) is 12.0 Å². The van der Waals surface area contributed by atoms with Crippen molar-refractivity contribution in [2.24, 2.45) is 0 Å². The molecule has 0 saturated carbocycles. The second-order valence-electron chi connectivity index (χ2n) is 6.63. The summed E-state index contributed by atoms with van der Waals surface area (Å²) in [5, 5.41) is 4.61. The largest absolute Gasteiger partial charge is 0.493 e. The van der Waals surface area contributed by atoms with Gasteiger partial charge >= 0.3 is 0 Å². The molecule has 0 bridgehead atoms. The standard InChI is InChI=1S/C22H19N3O6S2/c1-29-18-4-2-3-5-19(18)30-14-16-8-11-20(31-16)21(26)24-15-6-9-17(10-7-15)33(27,28)25-22-23-12-13-32-22/h2-13H,14H2,1H3,(H,23,25)(H,24,26). The molecule has 0 spiro atoms. The summed E-state index contributed by atoms with van der Waals surface area (Å²) >= 11 is 1.18. The van der Waals surface area contributed by atoms with E-state index in [1.54, 1.807) is 30.7 Å². The number of benzene rings is 2. The number of nitrogens with zero attached hydrogens (tertiary/aromatic N) is 1. The Labute approximate surface area is 194 Å². The van der Waals surface area contributed by atoms with E-state index in [-0.39, 0.29) is 22.4 Å². The van der Waals surface area contributed by atoms with E-state index in [1.807, 2.05) is 12.1 Å². The quantitative estimate of drug-likeness (QED) is 0.361. The number of amides is 1. The molecule has 0 aliphatic carbocycles. The van der Waals surface area contributed by atoms with Crippen molar-refractivity contribution in [1.82, 2.24) is 4.98 Å². The summed E-state index contributed by atoms with van der Waals surface area (Å²) in [5.74, 6) is 1.22. The van der Waals surface area contributed by atoms with Gasteiger partial charge in [0.1, 0.15) is 12.4 Å². The van der Waals surface area contributed by atoms with E-state index in [1.165, 1.54) is 47.9 Å². The van der Waals surface area contributed by atoms with Crippen LogP contribution in [0.15, 0.2) is 81.6 Å². The van der Waals surface area contributed by atoms with Crippen molar-refractivity contribution in [3.05, 3.63) is 83.8 Å². The molecule has 2 heterocycles. The number of aromatic nitrogens is 1. The van der Waals surface area contributed by atoms with Crippen molar-refractivity contribution >= 4 is 38.1 Å². The molecule has 2 N–H and O–H groups in total. The molecule has 33 heavy (non-hydrogen) atoms. The molecule has 11 heteroatoms. The van der Waals surface area contributed by atoms with Crippen LogP contribution in [-0.4, -0.2) is 26.4 Å². The number of ether oxygens (including phenoxy) is 2. The lowest BCUT2D eigenvalue weighted by molar-refractivity contribution is 0.0992. The Hall–Kier alpha value is -3.83. The van der Waals surface area contributed by atoms with Crippen molar-refractivity contribution in [2.45, 2.75) is 11.5 Å². The minimum atomic E-state index is -3.77. The summed E-state index contributed by atoms with van der Waals surface area (Å²) < 4.78 is 43.7. The third-order valence-electron chi connectivity index (χ3n) is 4.40. The second kappa shape index (κ2) is 9.76. The van der Waals surface area contributed by atoms with Gasteiger partial charge in [0, 0.05) is 17.3 Å². The number of methoxy groups -OCH3 is 1. The number of carbonyl (C=O) groups is 1. The number of hydrogen-bond acceptors (Lipinski definition) is 8. The second-order valence-corrected chi connectivity index (χ2v) is 9.20. The predicted octanol–water partition coefficient (Wildman–Crippen LogP) is 4.38. The van der Waals surface area contributed by atoms with Crippen molar-refractivity contribution in [3.63, 3.8) is 0 Å². The van der Waals surface area contributed by atoms with Crippen molar-refractivity contribution < 1.29 is 27.1 Å². The molecule has 9 nitrogen and oxygen atoms in total. The van der Waals surface area contributed by atoms with Gasteiger partial charge < -0.3 is 19.2 Å². The van der Waals surface area contributed by atoms with Gasteiger partial charge in [-0.3, -0.25) is 9.52 Å². The number of thiazole rings is 1. The van der Waals surface area contributed by atoms with Crippen LogP contribution >= 0.6 is 11.3 Å². The fraction of sp³-hybridized carbons (Fsp3) is 0.0909. The summed E-state index contributed by atoms with van der Waals surface area (Å²) in [6, 6.07) is 16.1. The fourth-order valence-electron chi connectivity index (χ4n) is 2.82. The van der Waals surface area contributed by atoms with Crippen LogP contribution in [-0.2, 0) is 16.6 Å². The Balaban J connectivity index is 1.36. The number of anilines is 2. The minimum Gasteiger partial charge on any atom is -0.493 e. The number of nitrogens with one attached hydrogen (secondary N) is 2. The lowest BCUT2D eigenvalue weighted by Crippen LogP contribution is -2.13. The Morgan fingerprint density at radius 3 is 2.52 bits per heavy atom. The highest BCUT2D eigenvalue weighted by Gasteiger charge is 2.17. The average molecular weight is 486 g/mol. The van der Waals surface area contributed by atoms with Crippen LogP contribution in [0, 0.1) is 0 Å². The summed E-state index contributed by atoms with van der Waals surface area (Å²) in [6.07, 6.45) is 1.51. The molecule has 4 aromatic rings. The molecule has 2 aromatic heterocycles. The van der Waals surface area contributed by atoms with Gasteiger partial charge in [-0.15, -0.1) is 11.3 Å². The number of sulfonamides is 1. The normalized spacial score (nSPS) is 11.1. The van der Waals surface area contributed by atoms with E-state index in [0.717, 1.165) is 0 Å². The van der Waals surface area contributed by atoms with Crippen LogP contribution < -0.4 is 19.5 Å². The summed E-state index contributed by atoms with van der Waals surface area (Å²) in [5.41, 5.74) is 0.413. The molecule has 0 aliphatic heterocycles. The third-order valence-corrected chi connectivity index (χ3v) is 6.57. The maximum absolute atomic E-state index is 12.5. The molecule has 0 radical (unpaired) electrons. The van der Waals surface area contributed by atoms with E-state index in [4.69, 9.17) is 13.9 Å². The number of furan rings is 1.